The molecule has 0 bridgehead atoms. The zero-order valence-electron chi connectivity index (χ0n) is 20.6. The van der Waals surface area contributed by atoms with Crippen LogP contribution < -0.4 is 10.2 Å². The molecule has 0 radical (unpaired) electrons. The first kappa shape index (κ1) is 25.4. The molecular weight excluding hydrogens is 462 g/mol. The van der Waals surface area contributed by atoms with E-state index in [1.165, 1.54) is 17.0 Å². The number of aryl methyl sites for hydroxylation is 1. The molecule has 7 nitrogen and oxygen atoms in total. The molecule has 1 saturated heterocycles. The average Bonchev–Trinajstić information content (AvgIpc) is 3.13. The highest BCUT2D eigenvalue weighted by atomic mass is 32.2. The lowest BCUT2D eigenvalue weighted by Gasteiger charge is -2.47. The van der Waals surface area contributed by atoms with Gasteiger partial charge in [-0.3, -0.25) is 14.5 Å². The minimum atomic E-state index is -3.95. The highest BCUT2D eigenvalue weighted by Gasteiger charge is 2.51. The van der Waals surface area contributed by atoms with Gasteiger partial charge >= 0.3 is 0 Å². The van der Waals surface area contributed by atoms with Gasteiger partial charge in [0.1, 0.15) is 5.54 Å². The first-order valence-corrected chi connectivity index (χ1v) is 14.0. The summed E-state index contributed by atoms with van der Waals surface area (Å²) < 4.78 is 28.1. The Morgan fingerprint density at radius 3 is 2.29 bits per heavy atom. The fraction of sp³-hybridized carbons (Fsp3) is 0.481. The van der Waals surface area contributed by atoms with Crippen LogP contribution in [0.25, 0.3) is 0 Å². The summed E-state index contributed by atoms with van der Waals surface area (Å²) in [6.07, 6.45) is 6.89. The molecule has 1 aliphatic heterocycles. The molecule has 0 unspecified atom stereocenters. The van der Waals surface area contributed by atoms with E-state index in [4.69, 9.17) is 0 Å². The normalized spacial score (nSPS) is 22.6. The lowest BCUT2D eigenvalue weighted by atomic mass is 9.92. The lowest BCUT2D eigenvalue weighted by molar-refractivity contribution is -0.133. The van der Waals surface area contributed by atoms with Crippen LogP contribution >= 0.6 is 0 Å². The van der Waals surface area contributed by atoms with Gasteiger partial charge < -0.3 is 5.32 Å². The van der Waals surface area contributed by atoms with Crippen molar-refractivity contribution in [2.45, 2.75) is 75.3 Å². The number of hydrogen-bond acceptors (Lipinski definition) is 4. The second kappa shape index (κ2) is 10.5. The molecule has 1 saturated carbocycles. The molecule has 8 heteroatoms. The summed E-state index contributed by atoms with van der Waals surface area (Å²) in [5.74, 6) is -0.716. The van der Waals surface area contributed by atoms with Crippen LogP contribution in [0.1, 0.15) is 57.9 Å². The van der Waals surface area contributed by atoms with Crippen LogP contribution in [0.2, 0.25) is 0 Å². The molecule has 2 aromatic carbocycles. The van der Waals surface area contributed by atoms with E-state index in [-0.39, 0.29) is 29.9 Å². The van der Waals surface area contributed by atoms with Gasteiger partial charge in [0.2, 0.25) is 21.8 Å². The average molecular weight is 498 g/mol. The minimum Gasteiger partial charge on any atom is -0.351 e. The van der Waals surface area contributed by atoms with E-state index in [1.807, 2.05) is 31.2 Å². The number of nitrogens with zero attached hydrogens (tertiary/aromatic N) is 2. The van der Waals surface area contributed by atoms with Gasteiger partial charge in [-0.25, -0.2) is 8.42 Å². The molecule has 2 aliphatic rings. The number of carbonyl (C=O) groups is 2. The van der Waals surface area contributed by atoms with E-state index in [1.54, 1.807) is 25.1 Å². The second-order valence-corrected chi connectivity index (χ2v) is 11.7. The van der Waals surface area contributed by atoms with Crippen LogP contribution in [0.4, 0.5) is 5.69 Å². The Morgan fingerprint density at radius 1 is 1.00 bits per heavy atom. The Kier molecular flexibility index (Phi) is 7.62. The number of para-hydroxylation sites is 1. The number of amides is 2. The van der Waals surface area contributed by atoms with Crippen molar-refractivity contribution in [1.29, 1.82) is 0 Å². The standard InChI is InChI=1S/C27H35N3O4S/c1-3-21-13-11-12-18-24(21)30-25(31)19-29(35(33,34)23-16-9-6-10-17-23)20-27(30,2)26(32)28-22-14-7-4-5-8-15-22/h6,9-13,16-18,22H,3-5,7-8,14-15,19-20H2,1-2H3,(H,28,32)/t27-/m0/s1. The highest BCUT2D eigenvalue weighted by molar-refractivity contribution is 7.89. The molecule has 4 rings (SSSR count). The van der Waals surface area contributed by atoms with Gasteiger partial charge in [-0.2, -0.15) is 4.31 Å². The summed E-state index contributed by atoms with van der Waals surface area (Å²) in [6.45, 7) is 3.26. The van der Waals surface area contributed by atoms with Crippen LogP contribution in [0.3, 0.4) is 0 Å². The van der Waals surface area contributed by atoms with Crippen molar-refractivity contribution >= 4 is 27.5 Å². The highest BCUT2D eigenvalue weighted by Crippen LogP contribution is 2.34. The number of sulfonamides is 1. The summed E-state index contributed by atoms with van der Waals surface area (Å²) in [6, 6.07) is 15.7. The number of carbonyl (C=O) groups excluding carboxylic acids is 2. The third-order valence-electron chi connectivity index (χ3n) is 7.21. The van der Waals surface area contributed by atoms with Crippen molar-refractivity contribution in [1.82, 2.24) is 9.62 Å². The third kappa shape index (κ3) is 5.14. The number of hydrogen-bond donors (Lipinski definition) is 1. The van der Waals surface area contributed by atoms with Crippen LogP contribution in [0, 0.1) is 0 Å². The Balaban J connectivity index is 1.74. The Labute approximate surface area is 208 Å². The van der Waals surface area contributed by atoms with E-state index >= 15 is 0 Å². The van der Waals surface area contributed by atoms with Crippen molar-refractivity contribution in [3.63, 3.8) is 0 Å². The first-order chi connectivity index (χ1) is 16.8. The molecule has 0 spiro atoms. The summed E-state index contributed by atoms with van der Waals surface area (Å²) in [7, 11) is -3.95. The second-order valence-electron chi connectivity index (χ2n) is 9.73. The van der Waals surface area contributed by atoms with Gasteiger partial charge in [0.25, 0.3) is 0 Å². The van der Waals surface area contributed by atoms with Gasteiger partial charge in [0.15, 0.2) is 0 Å². The predicted octanol–water partition coefficient (Wildman–Crippen LogP) is 3.88. The van der Waals surface area contributed by atoms with E-state index in [0.717, 1.165) is 48.4 Å². The van der Waals surface area contributed by atoms with E-state index < -0.39 is 21.5 Å². The quantitative estimate of drug-likeness (QED) is 0.614. The number of anilines is 1. The molecule has 2 amide bonds. The zero-order chi connectivity index (χ0) is 25.1. The molecule has 1 N–H and O–H groups in total. The Bertz CT molecular complexity index is 1160. The predicted molar refractivity (Wildman–Crippen MR) is 137 cm³/mol. The van der Waals surface area contributed by atoms with E-state index in [9.17, 15) is 18.0 Å². The number of rotatable bonds is 6. The van der Waals surface area contributed by atoms with Crippen molar-refractivity contribution in [3.8, 4) is 0 Å². The lowest BCUT2D eigenvalue weighted by Crippen LogP contribution is -2.70. The minimum absolute atomic E-state index is 0.0290. The fourth-order valence-corrected chi connectivity index (χ4v) is 6.75. The fourth-order valence-electron chi connectivity index (χ4n) is 5.24. The molecule has 2 aromatic rings. The molecule has 2 fully saturated rings. The van der Waals surface area contributed by atoms with Gasteiger partial charge in [-0.15, -0.1) is 0 Å². The molecule has 1 atom stereocenters. The maximum atomic E-state index is 13.9. The van der Waals surface area contributed by atoms with Crippen LogP contribution in [-0.2, 0) is 26.0 Å². The molecule has 1 aliphatic carbocycles. The van der Waals surface area contributed by atoms with Crippen molar-refractivity contribution in [3.05, 3.63) is 60.2 Å². The molecule has 1 heterocycles. The maximum Gasteiger partial charge on any atom is 0.247 e. The molecule has 35 heavy (non-hydrogen) atoms. The first-order valence-electron chi connectivity index (χ1n) is 12.5. The van der Waals surface area contributed by atoms with Crippen LogP contribution in [0.5, 0.6) is 0 Å². The number of piperazine rings is 1. The molecule has 0 aromatic heterocycles. The largest absolute Gasteiger partial charge is 0.351 e. The smallest absolute Gasteiger partial charge is 0.247 e. The van der Waals surface area contributed by atoms with E-state index in [0.29, 0.717) is 12.1 Å². The summed E-state index contributed by atoms with van der Waals surface area (Å²) >= 11 is 0. The van der Waals surface area contributed by atoms with Gasteiger partial charge in [-0.05, 0) is 49.9 Å². The van der Waals surface area contributed by atoms with E-state index in [2.05, 4.69) is 5.32 Å². The monoisotopic (exact) mass is 497 g/mol. The van der Waals surface area contributed by atoms with Crippen LogP contribution in [0.15, 0.2) is 59.5 Å². The number of nitrogens with one attached hydrogen (secondary N) is 1. The Hall–Kier alpha value is -2.71. The zero-order valence-corrected chi connectivity index (χ0v) is 21.4. The summed E-state index contributed by atoms with van der Waals surface area (Å²) in [5, 5.41) is 3.18. The third-order valence-corrected chi connectivity index (χ3v) is 9.02. The Morgan fingerprint density at radius 2 is 1.63 bits per heavy atom. The van der Waals surface area contributed by atoms with Gasteiger partial charge in [0.05, 0.1) is 11.4 Å². The van der Waals surface area contributed by atoms with Gasteiger partial charge in [-0.1, -0.05) is 69.0 Å². The molecule has 188 valence electrons. The topological polar surface area (TPSA) is 86.8 Å². The van der Waals surface area contributed by atoms with Crippen molar-refractivity contribution in [2.24, 2.45) is 0 Å². The SMILES string of the molecule is CCc1ccccc1N1C(=O)CN(S(=O)(=O)c2ccccc2)C[C@@]1(C)C(=O)NC1CCCCCC1. The van der Waals surface area contributed by atoms with Crippen molar-refractivity contribution in [2.75, 3.05) is 18.0 Å². The summed E-state index contributed by atoms with van der Waals surface area (Å²) in [5.41, 5.74) is 0.207. The number of benzene rings is 2. The molecular formula is C27H35N3O4S. The summed E-state index contributed by atoms with van der Waals surface area (Å²) in [4.78, 5) is 29.2. The van der Waals surface area contributed by atoms with Gasteiger partial charge in [0, 0.05) is 18.3 Å². The van der Waals surface area contributed by atoms with Crippen molar-refractivity contribution < 1.29 is 18.0 Å². The maximum absolute atomic E-state index is 13.9. The van der Waals surface area contributed by atoms with Crippen LogP contribution in [-0.4, -0.2) is 49.2 Å².